The third-order valence-electron chi connectivity index (χ3n) is 4.49. The summed E-state index contributed by atoms with van der Waals surface area (Å²) in [6.45, 7) is 6.29. The number of amides is 2. The normalized spacial score (nSPS) is 10.9. The number of hydrogen-bond acceptors (Lipinski definition) is 2. The minimum Gasteiger partial charge on any atom is -0.318 e. The van der Waals surface area contributed by atoms with Crippen molar-refractivity contribution in [2.45, 2.75) is 27.2 Å². The minimum absolute atomic E-state index is 0.373. The average molecular weight is 360 g/mol. The molecule has 0 saturated carbocycles. The molecule has 0 fully saturated rings. The van der Waals surface area contributed by atoms with E-state index < -0.39 is 0 Å². The van der Waals surface area contributed by atoms with Crippen molar-refractivity contribution in [1.82, 2.24) is 9.99 Å². The molecule has 0 spiro atoms. The van der Waals surface area contributed by atoms with Gasteiger partial charge in [-0.15, -0.1) is 0 Å². The first-order valence-electron chi connectivity index (χ1n) is 9.02. The summed E-state index contributed by atoms with van der Waals surface area (Å²) in [6, 6.07) is 19.4. The zero-order valence-electron chi connectivity index (χ0n) is 15.9. The van der Waals surface area contributed by atoms with Gasteiger partial charge in [-0.25, -0.2) is 10.2 Å². The molecule has 5 heteroatoms. The highest BCUT2D eigenvalue weighted by molar-refractivity contribution is 5.90. The fourth-order valence-electron chi connectivity index (χ4n) is 3.16. The molecule has 2 amide bonds. The van der Waals surface area contributed by atoms with E-state index in [0.29, 0.717) is 0 Å². The largest absolute Gasteiger partial charge is 0.339 e. The number of carbonyl (C=O) groups excluding carboxylic acids is 1. The lowest BCUT2D eigenvalue weighted by Crippen LogP contribution is -2.24. The molecule has 0 atom stereocenters. The molecule has 3 aromatic rings. The maximum atomic E-state index is 11.9. The number of carbonyl (C=O) groups is 1. The summed E-state index contributed by atoms with van der Waals surface area (Å²) in [5.74, 6) is 0. The molecule has 3 rings (SSSR count). The zero-order chi connectivity index (χ0) is 19.2. The molecule has 0 aliphatic carbocycles. The SMILES string of the molecule is CCc1ccccc1-n1c(C)cc(/C=N/NC(=O)Nc2ccccc2)c1C. The van der Waals surface area contributed by atoms with Crippen molar-refractivity contribution >= 4 is 17.9 Å². The van der Waals surface area contributed by atoms with Gasteiger partial charge in [-0.05, 0) is 50.1 Å². The van der Waals surface area contributed by atoms with Gasteiger partial charge in [0.05, 0.1) is 6.21 Å². The van der Waals surface area contributed by atoms with Gasteiger partial charge in [0.1, 0.15) is 0 Å². The predicted octanol–water partition coefficient (Wildman–Crippen LogP) is 4.81. The second kappa shape index (κ2) is 8.36. The van der Waals surface area contributed by atoms with Crippen LogP contribution in [0.1, 0.15) is 29.4 Å². The van der Waals surface area contributed by atoms with Crippen LogP contribution < -0.4 is 10.7 Å². The van der Waals surface area contributed by atoms with Crippen LogP contribution in [0.15, 0.2) is 65.8 Å². The summed E-state index contributed by atoms with van der Waals surface area (Å²) < 4.78 is 2.23. The van der Waals surface area contributed by atoms with Crippen LogP contribution in [0.5, 0.6) is 0 Å². The number of aryl methyl sites for hydroxylation is 2. The van der Waals surface area contributed by atoms with Gasteiger partial charge in [-0.1, -0.05) is 43.3 Å². The second-order valence-electron chi connectivity index (χ2n) is 6.33. The van der Waals surface area contributed by atoms with E-state index in [9.17, 15) is 4.79 Å². The van der Waals surface area contributed by atoms with Crippen molar-refractivity contribution in [3.63, 3.8) is 0 Å². The molecule has 2 N–H and O–H groups in total. The van der Waals surface area contributed by atoms with Gasteiger partial charge in [0.15, 0.2) is 0 Å². The van der Waals surface area contributed by atoms with Gasteiger partial charge in [0.2, 0.25) is 0 Å². The van der Waals surface area contributed by atoms with Gasteiger partial charge in [-0.2, -0.15) is 5.10 Å². The lowest BCUT2D eigenvalue weighted by atomic mass is 10.1. The molecule has 0 unspecified atom stereocenters. The van der Waals surface area contributed by atoms with Crippen molar-refractivity contribution < 1.29 is 4.79 Å². The first kappa shape index (κ1) is 18.5. The van der Waals surface area contributed by atoms with E-state index >= 15 is 0 Å². The molecule has 5 nitrogen and oxygen atoms in total. The fourth-order valence-corrected chi connectivity index (χ4v) is 3.16. The molecule has 0 saturated heterocycles. The van der Waals surface area contributed by atoms with E-state index in [2.05, 4.69) is 71.5 Å². The molecule has 2 aromatic carbocycles. The van der Waals surface area contributed by atoms with E-state index in [1.165, 1.54) is 11.3 Å². The van der Waals surface area contributed by atoms with Crippen molar-refractivity contribution in [2.24, 2.45) is 5.10 Å². The van der Waals surface area contributed by atoms with Crippen LogP contribution in [0, 0.1) is 13.8 Å². The second-order valence-corrected chi connectivity index (χ2v) is 6.33. The Kier molecular flexibility index (Phi) is 5.71. The number of nitrogens with one attached hydrogen (secondary N) is 2. The summed E-state index contributed by atoms with van der Waals surface area (Å²) in [5, 5.41) is 6.82. The number of anilines is 1. The van der Waals surface area contributed by atoms with Crippen LogP contribution >= 0.6 is 0 Å². The molecule has 0 aliphatic heterocycles. The number of rotatable bonds is 5. The van der Waals surface area contributed by atoms with E-state index in [1.54, 1.807) is 6.21 Å². The molecule has 1 aromatic heterocycles. The van der Waals surface area contributed by atoms with E-state index in [-0.39, 0.29) is 6.03 Å². The molecule has 27 heavy (non-hydrogen) atoms. The molecular formula is C22H24N4O. The van der Waals surface area contributed by atoms with Crippen molar-refractivity contribution in [2.75, 3.05) is 5.32 Å². The highest BCUT2D eigenvalue weighted by Gasteiger charge is 2.11. The number of para-hydroxylation sites is 2. The van der Waals surface area contributed by atoms with Crippen molar-refractivity contribution in [1.29, 1.82) is 0 Å². The van der Waals surface area contributed by atoms with Crippen molar-refractivity contribution in [3.05, 3.63) is 83.2 Å². The molecule has 0 radical (unpaired) electrons. The lowest BCUT2D eigenvalue weighted by Gasteiger charge is -2.13. The number of urea groups is 1. The van der Waals surface area contributed by atoms with Gasteiger partial charge in [0.25, 0.3) is 0 Å². The number of nitrogens with zero attached hydrogens (tertiary/aromatic N) is 2. The molecule has 0 aliphatic rings. The Hall–Kier alpha value is -3.34. The van der Waals surface area contributed by atoms with E-state index in [1.807, 2.05) is 30.3 Å². The van der Waals surface area contributed by atoms with Crippen LogP contribution in [-0.4, -0.2) is 16.8 Å². The topological polar surface area (TPSA) is 58.4 Å². The Morgan fingerprint density at radius 3 is 2.52 bits per heavy atom. The monoisotopic (exact) mass is 360 g/mol. The van der Waals surface area contributed by atoms with Crippen LogP contribution in [-0.2, 0) is 6.42 Å². The van der Waals surface area contributed by atoms with Crippen LogP contribution in [0.4, 0.5) is 10.5 Å². The number of hydrogen-bond donors (Lipinski definition) is 2. The Morgan fingerprint density at radius 1 is 1.07 bits per heavy atom. The third kappa shape index (κ3) is 4.26. The smallest absolute Gasteiger partial charge is 0.318 e. The summed E-state index contributed by atoms with van der Waals surface area (Å²) >= 11 is 0. The van der Waals surface area contributed by atoms with Gasteiger partial charge >= 0.3 is 6.03 Å². The highest BCUT2D eigenvalue weighted by Crippen LogP contribution is 2.23. The summed E-state index contributed by atoms with van der Waals surface area (Å²) in [5.41, 5.74) is 8.89. The summed E-state index contributed by atoms with van der Waals surface area (Å²) in [6.07, 6.45) is 2.65. The Labute approximate surface area is 159 Å². The fraction of sp³-hybridized carbons (Fsp3) is 0.182. The minimum atomic E-state index is -0.373. The maximum Gasteiger partial charge on any atom is 0.339 e. The van der Waals surface area contributed by atoms with Gasteiger partial charge in [0, 0.05) is 28.3 Å². The first-order chi connectivity index (χ1) is 13.1. The maximum absolute atomic E-state index is 11.9. The zero-order valence-corrected chi connectivity index (χ0v) is 15.9. The third-order valence-corrected chi connectivity index (χ3v) is 4.49. The Morgan fingerprint density at radius 2 is 1.78 bits per heavy atom. The van der Waals surface area contributed by atoms with Crippen LogP contribution in [0.2, 0.25) is 0 Å². The molecule has 138 valence electrons. The molecule has 0 bridgehead atoms. The standard InChI is InChI=1S/C22H24N4O/c1-4-18-10-8-9-13-21(18)26-16(2)14-19(17(26)3)15-23-25-22(27)24-20-11-6-5-7-12-20/h5-15H,4H2,1-3H3,(H2,24,25,27)/b23-15+. The highest BCUT2D eigenvalue weighted by atomic mass is 16.2. The van der Waals surface area contributed by atoms with Crippen LogP contribution in [0.25, 0.3) is 5.69 Å². The van der Waals surface area contributed by atoms with Crippen LogP contribution in [0.3, 0.4) is 0 Å². The van der Waals surface area contributed by atoms with Crippen molar-refractivity contribution in [3.8, 4) is 5.69 Å². The first-order valence-corrected chi connectivity index (χ1v) is 9.02. The average Bonchev–Trinajstić information content (AvgIpc) is 2.96. The summed E-state index contributed by atoms with van der Waals surface area (Å²) in [4.78, 5) is 11.9. The number of benzene rings is 2. The predicted molar refractivity (Wildman–Crippen MR) is 111 cm³/mol. The molecule has 1 heterocycles. The number of aromatic nitrogens is 1. The lowest BCUT2D eigenvalue weighted by molar-refractivity contribution is 0.252. The Bertz CT molecular complexity index is 958. The number of hydrazone groups is 1. The van der Waals surface area contributed by atoms with E-state index in [0.717, 1.165) is 29.1 Å². The molecular weight excluding hydrogens is 336 g/mol. The Balaban J connectivity index is 1.75. The van der Waals surface area contributed by atoms with Gasteiger partial charge in [-0.3, -0.25) is 0 Å². The quantitative estimate of drug-likeness (QED) is 0.498. The van der Waals surface area contributed by atoms with Gasteiger partial charge < -0.3 is 9.88 Å². The van der Waals surface area contributed by atoms with E-state index in [4.69, 9.17) is 0 Å². The summed E-state index contributed by atoms with van der Waals surface area (Å²) in [7, 11) is 0.